The van der Waals surface area contributed by atoms with Crippen molar-refractivity contribution in [1.29, 1.82) is 0 Å². The van der Waals surface area contributed by atoms with Crippen LogP contribution in [-0.4, -0.2) is 60.7 Å². The molecule has 0 spiro atoms. The van der Waals surface area contributed by atoms with Crippen molar-refractivity contribution in [2.45, 2.75) is 43.2 Å². The Bertz CT molecular complexity index is 1050. The van der Waals surface area contributed by atoms with Crippen molar-refractivity contribution in [3.05, 3.63) is 52.2 Å². The number of pyridine rings is 1. The number of benzene rings is 1. The average Bonchev–Trinajstić information content (AvgIpc) is 3.15. The number of likely N-dealkylation sites (tertiary alicyclic amines) is 1. The molecule has 176 valence electrons. The Kier molecular flexibility index (Phi) is 6.37. The first kappa shape index (κ1) is 22.8. The van der Waals surface area contributed by atoms with Crippen LogP contribution in [0, 0.1) is 10.1 Å². The van der Waals surface area contributed by atoms with E-state index in [1.54, 1.807) is 14.2 Å². The van der Waals surface area contributed by atoms with Gasteiger partial charge in [0.25, 0.3) is 0 Å². The largest absolute Gasteiger partial charge is 0.493 e. The van der Waals surface area contributed by atoms with Gasteiger partial charge in [-0.2, -0.15) is 0 Å². The molecule has 1 aliphatic carbocycles. The SMILES string of the molecule is COc1ccc([C@@]23CC[C@@H](NC(=O)Nc4ncccc4[N+](=O)[O-])C[C@@H]2N(C)CC3)cc1OC. The lowest BCUT2D eigenvalue weighted by atomic mass is 9.65. The lowest BCUT2D eigenvalue weighted by Gasteiger charge is -2.45. The summed E-state index contributed by atoms with van der Waals surface area (Å²) in [5, 5.41) is 16.7. The zero-order valence-electron chi connectivity index (χ0n) is 19.0. The first-order valence-corrected chi connectivity index (χ1v) is 11.0. The number of fused-ring (bicyclic) bond motifs is 1. The fraction of sp³-hybridized carbons (Fsp3) is 0.478. The van der Waals surface area contributed by atoms with Crippen molar-refractivity contribution in [2.24, 2.45) is 0 Å². The van der Waals surface area contributed by atoms with Gasteiger partial charge in [-0.1, -0.05) is 6.07 Å². The van der Waals surface area contributed by atoms with E-state index in [4.69, 9.17) is 9.47 Å². The van der Waals surface area contributed by atoms with Gasteiger partial charge in [0.1, 0.15) is 0 Å². The minimum Gasteiger partial charge on any atom is -0.493 e. The minimum absolute atomic E-state index is 0.0251. The number of urea groups is 1. The van der Waals surface area contributed by atoms with Crippen molar-refractivity contribution in [2.75, 3.05) is 33.1 Å². The quantitative estimate of drug-likeness (QED) is 0.507. The molecule has 0 radical (unpaired) electrons. The Hall–Kier alpha value is -3.40. The molecular weight excluding hydrogens is 426 g/mol. The Morgan fingerprint density at radius 2 is 2.03 bits per heavy atom. The van der Waals surface area contributed by atoms with Crippen LogP contribution in [-0.2, 0) is 5.41 Å². The van der Waals surface area contributed by atoms with Crippen LogP contribution in [0.1, 0.15) is 31.2 Å². The highest BCUT2D eigenvalue weighted by Crippen LogP contribution is 2.49. The number of carbonyl (C=O) groups excluding carboxylic acids is 1. The molecule has 2 N–H and O–H groups in total. The van der Waals surface area contributed by atoms with E-state index in [0.717, 1.165) is 32.2 Å². The zero-order chi connectivity index (χ0) is 23.6. The number of amides is 2. The third kappa shape index (κ3) is 4.30. The molecule has 1 saturated heterocycles. The molecule has 2 fully saturated rings. The summed E-state index contributed by atoms with van der Waals surface area (Å²) >= 11 is 0. The standard InChI is InChI=1S/C23H29N5O5/c1-27-12-10-23(15-6-7-18(32-2)19(13-15)33-3)9-8-16(14-20(23)27)25-22(29)26-21-17(28(30)31)5-4-11-24-21/h4-7,11,13,16,20H,8-10,12,14H2,1-3H3,(H2,24,25,26,29)/t16-,20+,23+/m1/s1. The number of likely N-dealkylation sites (N-methyl/N-ethyl adjacent to an activating group) is 1. The van der Waals surface area contributed by atoms with Gasteiger partial charge < -0.3 is 19.7 Å². The summed E-state index contributed by atoms with van der Waals surface area (Å²) in [6.07, 6.45) is 4.93. The molecule has 1 aromatic carbocycles. The van der Waals surface area contributed by atoms with Gasteiger partial charge in [-0.25, -0.2) is 9.78 Å². The maximum Gasteiger partial charge on any atom is 0.320 e. The maximum atomic E-state index is 12.6. The van der Waals surface area contributed by atoms with Crippen LogP contribution >= 0.6 is 0 Å². The molecule has 1 saturated carbocycles. The molecule has 1 aromatic heterocycles. The predicted molar refractivity (Wildman–Crippen MR) is 123 cm³/mol. The van der Waals surface area contributed by atoms with Gasteiger partial charge in [-0.3, -0.25) is 15.4 Å². The van der Waals surface area contributed by atoms with E-state index in [1.807, 2.05) is 6.07 Å². The zero-order valence-corrected chi connectivity index (χ0v) is 19.0. The van der Waals surface area contributed by atoms with Crippen LogP contribution in [0.2, 0.25) is 0 Å². The molecule has 2 aromatic rings. The second-order valence-electron chi connectivity index (χ2n) is 8.67. The number of carbonyl (C=O) groups is 1. The van der Waals surface area contributed by atoms with Crippen LogP contribution in [0.5, 0.6) is 11.5 Å². The number of ether oxygens (including phenoxy) is 2. The summed E-state index contributed by atoms with van der Waals surface area (Å²) in [5.74, 6) is 1.36. The van der Waals surface area contributed by atoms with E-state index in [0.29, 0.717) is 11.5 Å². The third-order valence-electron chi connectivity index (χ3n) is 7.04. The van der Waals surface area contributed by atoms with Crippen molar-refractivity contribution < 1.29 is 19.2 Å². The summed E-state index contributed by atoms with van der Waals surface area (Å²) in [7, 11) is 5.39. The molecule has 10 heteroatoms. The number of hydrogen-bond donors (Lipinski definition) is 2. The van der Waals surface area contributed by atoms with Crippen LogP contribution in [0.3, 0.4) is 0 Å². The van der Waals surface area contributed by atoms with Crippen LogP contribution in [0.15, 0.2) is 36.5 Å². The molecule has 0 unspecified atom stereocenters. The van der Waals surface area contributed by atoms with Gasteiger partial charge in [0.15, 0.2) is 11.5 Å². The number of nitrogens with one attached hydrogen (secondary N) is 2. The topological polar surface area (TPSA) is 119 Å². The number of hydrogen-bond acceptors (Lipinski definition) is 7. The highest BCUT2D eigenvalue weighted by atomic mass is 16.6. The van der Waals surface area contributed by atoms with Crippen LogP contribution in [0.25, 0.3) is 0 Å². The van der Waals surface area contributed by atoms with Crippen LogP contribution in [0.4, 0.5) is 16.3 Å². The van der Waals surface area contributed by atoms with Crippen molar-refractivity contribution in [3.63, 3.8) is 0 Å². The lowest BCUT2D eigenvalue weighted by molar-refractivity contribution is -0.384. The van der Waals surface area contributed by atoms with Gasteiger partial charge in [-0.05, 0) is 63.0 Å². The van der Waals surface area contributed by atoms with Crippen LogP contribution < -0.4 is 20.1 Å². The molecule has 4 rings (SSSR count). The highest BCUT2D eigenvalue weighted by Gasteiger charge is 2.50. The molecule has 10 nitrogen and oxygen atoms in total. The Morgan fingerprint density at radius 3 is 2.76 bits per heavy atom. The van der Waals surface area contributed by atoms with E-state index < -0.39 is 11.0 Å². The Labute approximate surface area is 192 Å². The fourth-order valence-corrected chi connectivity index (χ4v) is 5.36. The lowest BCUT2D eigenvalue weighted by Crippen LogP contribution is -2.52. The molecule has 33 heavy (non-hydrogen) atoms. The predicted octanol–water partition coefficient (Wildman–Crippen LogP) is 3.32. The van der Waals surface area contributed by atoms with Gasteiger partial charge in [0, 0.05) is 29.8 Å². The minimum atomic E-state index is -0.561. The highest BCUT2D eigenvalue weighted by molar-refractivity contribution is 5.90. The Morgan fingerprint density at radius 1 is 1.24 bits per heavy atom. The fourth-order valence-electron chi connectivity index (χ4n) is 5.36. The van der Waals surface area contributed by atoms with Crippen molar-refractivity contribution in [3.8, 4) is 11.5 Å². The van der Waals surface area contributed by atoms with E-state index in [9.17, 15) is 14.9 Å². The summed E-state index contributed by atoms with van der Waals surface area (Å²) in [6, 6.07) is 8.64. The van der Waals surface area contributed by atoms with Gasteiger partial charge in [0.2, 0.25) is 5.82 Å². The Balaban J connectivity index is 1.49. The molecule has 2 amide bonds. The smallest absolute Gasteiger partial charge is 0.320 e. The maximum absolute atomic E-state index is 12.6. The van der Waals surface area contributed by atoms with E-state index >= 15 is 0 Å². The number of nitro groups is 1. The normalized spacial score (nSPS) is 24.6. The first-order chi connectivity index (χ1) is 15.9. The van der Waals surface area contributed by atoms with Gasteiger partial charge >= 0.3 is 11.7 Å². The molecule has 2 heterocycles. The summed E-state index contributed by atoms with van der Waals surface area (Å²) < 4.78 is 10.9. The summed E-state index contributed by atoms with van der Waals surface area (Å²) in [5.41, 5.74) is 0.962. The monoisotopic (exact) mass is 455 g/mol. The molecular formula is C23H29N5O5. The number of rotatable bonds is 6. The average molecular weight is 456 g/mol. The van der Waals surface area contributed by atoms with E-state index in [1.165, 1.54) is 23.9 Å². The van der Waals surface area contributed by atoms with Crippen molar-refractivity contribution in [1.82, 2.24) is 15.2 Å². The summed E-state index contributed by atoms with van der Waals surface area (Å²) in [4.78, 5) is 29.5. The third-order valence-corrected chi connectivity index (χ3v) is 7.04. The van der Waals surface area contributed by atoms with E-state index in [2.05, 4.69) is 39.7 Å². The van der Waals surface area contributed by atoms with Crippen molar-refractivity contribution >= 4 is 17.5 Å². The molecule has 1 aliphatic heterocycles. The van der Waals surface area contributed by atoms with Gasteiger partial charge in [0.05, 0.1) is 19.1 Å². The number of nitrogens with zero attached hydrogens (tertiary/aromatic N) is 3. The summed E-state index contributed by atoms with van der Waals surface area (Å²) in [6.45, 7) is 0.970. The number of anilines is 1. The number of aromatic nitrogens is 1. The van der Waals surface area contributed by atoms with E-state index in [-0.39, 0.29) is 29.0 Å². The second-order valence-corrected chi connectivity index (χ2v) is 8.67. The molecule has 0 bridgehead atoms. The molecule has 2 aliphatic rings. The van der Waals surface area contributed by atoms with Gasteiger partial charge in [-0.15, -0.1) is 0 Å². The first-order valence-electron chi connectivity index (χ1n) is 11.0. The molecule has 3 atom stereocenters. The second kappa shape index (κ2) is 9.22. The number of methoxy groups -OCH3 is 2.